The van der Waals surface area contributed by atoms with Crippen LogP contribution in [0.15, 0.2) is 47.4 Å². The van der Waals surface area contributed by atoms with Gasteiger partial charge in [0.05, 0.1) is 17.2 Å². The van der Waals surface area contributed by atoms with E-state index in [1.165, 1.54) is 18.2 Å². The summed E-state index contributed by atoms with van der Waals surface area (Å²) >= 11 is 5.79. The van der Waals surface area contributed by atoms with E-state index in [-0.39, 0.29) is 10.6 Å². The van der Waals surface area contributed by atoms with E-state index in [4.69, 9.17) is 16.3 Å². The lowest BCUT2D eigenvalue weighted by molar-refractivity contribution is 0.321. The first-order valence-corrected chi connectivity index (χ1v) is 7.99. The summed E-state index contributed by atoms with van der Waals surface area (Å²) in [6.45, 7) is 2.01. The summed E-state index contributed by atoms with van der Waals surface area (Å²) in [7, 11) is -3.89. The first kappa shape index (κ1) is 15.6. The molecule has 0 aliphatic heterocycles. The lowest BCUT2D eigenvalue weighted by atomic mass is 10.3. The summed E-state index contributed by atoms with van der Waals surface area (Å²) < 4.78 is 45.4. The second-order valence-electron chi connectivity index (χ2n) is 4.14. The van der Waals surface area contributed by atoms with Crippen molar-refractivity contribution in [2.75, 3.05) is 11.3 Å². The van der Waals surface area contributed by atoms with Crippen molar-refractivity contribution in [3.8, 4) is 5.75 Å². The number of nitrogens with one attached hydrogen (secondary N) is 1. The Morgan fingerprint density at radius 2 is 2.00 bits per heavy atom. The molecule has 1 N–H and O–H groups in total. The predicted octanol–water partition coefficient (Wildman–Crippen LogP) is 3.68. The van der Waals surface area contributed by atoms with Crippen LogP contribution in [0.4, 0.5) is 10.1 Å². The van der Waals surface area contributed by atoms with E-state index in [1.807, 2.05) is 0 Å². The highest BCUT2D eigenvalue weighted by molar-refractivity contribution is 7.92. The molecule has 7 heteroatoms. The predicted molar refractivity (Wildman–Crippen MR) is 79.8 cm³/mol. The molecule has 0 bridgehead atoms. The van der Waals surface area contributed by atoms with Crippen molar-refractivity contribution in [2.45, 2.75) is 11.8 Å². The van der Waals surface area contributed by atoms with Crippen LogP contribution in [0.2, 0.25) is 5.02 Å². The van der Waals surface area contributed by atoms with Crippen molar-refractivity contribution in [2.24, 2.45) is 0 Å². The highest BCUT2D eigenvalue weighted by Gasteiger charge is 2.17. The molecule has 112 valence electrons. The molecule has 0 aromatic heterocycles. The second kappa shape index (κ2) is 6.32. The summed E-state index contributed by atoms with van der Waals surface area (Å²) in [5, 5.41) is 0.396. The Labute approximate surface area is 127 Å². The average molecular weight is 330 g/mol. The fraction of sp³-hybridized carbons (Fsp3) is 0.143. The summed E-state index contributed by atoms with van der Waals surface area (Å²) in [4.78, 5) is -0.191. The Kier molecular flexibility index (Phi) is 4.69. The molecule has 0 amide bonds. The van der Waals surface area contributed by atoms with Crippen LogP contribution in [0.1, 0.15) is 6.92 Å². The van der Waals surface area contributed by atoms with Crippen LogP contribution in [-0.4, -0.2) is 15.0 Å². The van der Waals surface area contributed by atoms with Gasteiger partial charge in [-0.25, -0.2) is 12.8 Å². The van der Waals surface area contributed by atoms with Gasteiger partial charge in [-0.2, -0.15) is 0 Å². The Hall–Kier alpha value is -1.79. The van der Waals surface area contributed by atoms with E-state index in [0.29, 0.717) is 17.3 Å². The molecule has 0 saturated carbocycles. The van der Waals surface area contributed by atoms with Crippen molar-refractivity contribution in [3.63, 3.8) is 0 Å². The lowest BCUT2D eigenvalue weighted by Gasteiger charge is -2.10. The third kappa shape index (κ3) is 3.86. The highest BCUT2D eigenvalue weighted by Crippen LogP contribution is 2.23. The molecule has 4 nitrogen and oxygen atoms in total. The van der Waals surface area contributed by atoms with Crippen LogP contribution >= 0.6 is 11.6 Å². The maximum Gasteiger partial charge on any atom is 0.262 e. The second-order valence-corrected chi connectivity index (χ2v) is 6.26. The third-order valence-electron chi connectivity index (χ3n) is 2.59. The van der Waals surface area contributed by atoms with Gasteiger partial charge in [0.25, 0.3) is 10.0 Å². The van der Waals surface area contributed by atoms with E-state index in [9.17, 15) is 12.8 Å². The van der Waals surface area contributed by atoms with Crippen molar-refractivity contribution in [3.05, 3.63) is 53.3 Å². The SMILES string of the molecule is CCOc1ccc(S(=O)(=O)Nc2cccc(Cl)c2)cc1F. The number of ether oxygens (including phenoxy) is 1. The Bertz CT molecular complexity index is 750. The van der Waals surface area contributed by atoms with Crippen molar-refractivity contribution < 1.29 is 17.5 Å². The zero-order chi connectivity index (χ0) is 15.5. The van der Waals surface area contributed by atoms with Gasteiger partial charge in [0.15, 0.2) is 11.6 Å². The standard InChI is InChI=1S/C14H13ClFNO3S/c1-2-20-14-7-6-12(9-13(14)16)21(18,19)17-11-5-3-4-10(15)8-11/h3-9,17H,2H2,1H3. The summed E-state index contributed by atoms with van der Waals surface area (Å²) in [5.41, 5.74) is 0.303. The highest BCUT2D eigenvalue weighted by atomic mass is 35.5. The Balaban J connectivity index is 2.29. The zero-order valence-corrected chi connectivity index (χ0v) is 12.7. The number of rotatable bonds is 5. The monoisotopic (exact) mass is 329 g/mol. The third-order valence-corrected chi connectivity index (χ3v) is 4.20. The van der Waals surface area contributed by atoms with Gasteiger partial charge in [-0.15, -0.1) is 0 Å². The first-order valence-electron chi connectivity index (χ1n) is 6.13. The zero-order valence-electron chi connectivity index (χ0n) is 11.1. The molecule has 0 spiro atoms. The lowest BCUT2D eigenvalue weighted by Crippen LogP contribution is -2.13. The molecule has 0 unspecified atom stereocenters. The topological polar surface area (TPSA) is 55.4 Å². The van der Waals surface area contributed by atoms with E-state index in [2.05, 4.69) is 4.72 Å². The van der Waals surface area contributed by atoms with Gasteiger partial charge in [0.2, 0.25) is 0 Å². The number of anilines is 1. The molecule has 0 radical (unpaired) electrons. The number of hydrogen-bond donors (Lipinski definition) is 1. The van der Waals surface area contributed by atoms with Gasteiger partial charge in [-0.3, -0.25) is 4.72 Å². The van der Waals surface area contributed by atoms with Gasteiger partial charge >= 0.3 is 0 Å². The van der Waals surface area contributed by atoms with Crippen LogP contribution in [0, 0.1) is 5.82 Å². The van der Waals surface area contributed by atoms with E-state index in [1.54, 1.807) is 25.1 Å². The summed E-state index contributed by atoms with van der Waals surface area (Å²) in [6.07, 6.45) is 0. The maximum absolute atomic E-state index is 13.7. The number of sulfonamides is 1. The van der Waals surface area contributed by atoms with Gasteiger partial charge in [-0.1, -0.05) is 17.7 Å². The van der Waals surface area contributed by atoms with E-state index < -0.39 is 15.8 Å². The minimum atomic E-state index is -3.89. The molecule has 21 heavy (non-hydrogen) atoms. The fourth-order valence-electron chi connectivity index (χ4n) is 1.69. The van der Waals surface area contributed by atoms with Crippen LogP contribution in [0.25, 0.3) is 0 Å². The van der Waals surface area contributed by atoms with Crippen molar-refractivity contribution in [1.82, 2.24) is 0 Å². The van der Waals surface area contributed by atoms with Gasteiger partial charge in [0.1, 0.15) is 0 Å². The average Bonchev–Trinajstić information content (AvgIpc) is 2.40. The smallest absolute Gasteiger partial charge is 0.262 e. The first-order chi connectivity index (χ1) is 9.92. The fourth-order valence-corrected chi connectivity index (χ4v) is 2.94. The Morgan fingerprint density at radius 3 is 2.62 bits per heavy atom. The van der Waals surface area contributed by atoms with Crippen molar-refractivity contribution in [1.29, 1.82) is 0 Å². The molecule has 0 atom stereocenters. The molecular formula is C14H13ClFNO3S. The van der Waals surface area contributed by atoms with Gasteiger partial charge in [-0.05, 0) is 43.3 Å². The molecule has 0 aliphatic rings. The minimum absolute atomic E-state index is 0.0132. The maximum atomic E-state index is 13.7. The number of benzene rings is 2. The minimum Gasteiger partial charge on any atom is -0.491 e. The molecule has 0 heterocycles. The largest absolute Gasteiger partial charge is 0.491 e. The number of halogens is 2. The van der Waals surface area contributed by atoms with Crippen LogP contribution in [0.3, 0.4) is 0 Å². The Morgan fingerprint density at radius 1 is 1.24 bits per heavy atom. The normalized spacial score (nSPS) is 11.2. The quantitative estimate of drug-likeness (QED) is 0.910. The van der Waals surface area contributed by atoms with Gasteiger partial charge in [0, 0.05) is 5.02 Å². The molecule has 0 aliphatic carbocycles. The van der Waals surface area contributed by atoms with E-state index >= 15 is 0 Å². The summed E-state index contributed by atoms with van der Waals surface area (Å²) in [5.74, 6) is -0.718. The van der Waals surface area contributed by atoms with Gasteiger partial charge < -0.3 is 4.74 Å². The molecule has 2 rings (SSSR count). The van der Waals surface area contributed by atoms with Crippen LogP contribution < -0.4 is 9.46 Å². The van der Waals surface area contributed by atoms with Crippen molar-refractivity contribution >= 4 is 27.3 Å². The van der Waals surface area contributed by atoms with E-state index in [0.717, 1.165) is 6.07 Å². The van der Waals surface area contributed by atoms with Crippen LogP contribution in [0.5, 0.6) is 5.75 Å². The molecule has 0 fully saturated rings. The van der Waals surface area contributed by atoms with Crippen LogP contribution in [-0.2, 0) is 10.0 Å². The molecule has 2 aromatic rings. The molecular weight excluding hydrogens is 317 g/mol. The molecule has 2 aromatic carbocycles. The summed E-state index contributed by atoms with van der Waals surface area (Å²) in [6, 6.07) is 9.72. The number of hydrogen-bond acceptors (Lipinski definition) is 3. The molecule has 0 saturated heterocycles.